The number of rotatable bonds is 0. The van der Waals surface area contributed by atoms with E-state index in [-0.39, 0.29) is 0 Å². The monoisotopic (exact) mass is 93.0 g/mol. The molecule has 28 valence electrons. The first kappa shape index (κ1) is 3.75. The molecule has 1 heterocycles. The van der Waals surface area contributed by atoms with Crippen LogP contribution in [0.4, 0.5) is 0 Å². The fraction of sp³-hybridized carbons (Fsp3) is 0. The number of hydrogen-bond donors (Lipinski definition) is 0. The van der Waals surface area contributed by atoms with Crippen LogP contribution in [0.5, 0.6) is 0 Å². The molecule has 1 rings (SSSR count). The highest BCUT2D eigenvalue weighted by atomic mass is 28.2. The topological polar surface area (TPSA) is 0 Å². The number of allylic oxidation sites excluding steroid dienone is 3. The summed E-state index contributed by atoms with van der Waals surface area (Å²) in [7, 11) is 0.909. The van der Waals surface area contributed by atoms with Gasteiger partial charge in [-0.3, -0.25) is 0 Å². The quantitative estimate of drug-likeness (QED) is 0.384. The minimum absolute atomic E-state index is 0.909. The van der Waals surface area contributed by atoms with Gasteiger partial charge in [0.1, 0.15) is 11.4 Å². The predicted octanol–water partition coefficient (Wildman–Crippen LogP) is 0.576. The summed E-state index contributed by atoms with van der Waals surface area (Å²) < 4.78 is 0. The highest BCUT2D eigenvalue weighted by Crippen LogP contribution is 1.74. The maximum absolute atomic E-state index is 2.15. The zero-order chi connectivity index (χ0) is 4.24. The van der Waals surface area contributed by atoms with Crippen LogP contribution >= 0.6 is 0 Å². The van der Waals surface area contributed by atoms with Gasteiger partial charge in [-0.15, -0.1) is 0 Å². The van der Waals surface area contributed by atoms with E-state index in [0.717, 1.165) is 9.13 Å². The maximum Gasteiger partial charge on any atom is 0.474 e. The summed E-state index contributed by atoms with van der Waals surface area (Å²) in [4.78, 5) is 0. The molecule has 0 atom stereocenters. The third-order valence-electron chi connectivity index (χ3n) is 0.607. The minimum atomic E-state index is 0.909. The van der Waals surface area contributed by atoms with Crippen LogP contribution in [0.15, 0.2) is 23.9 Å². The van der Waals surface area contributed by atoms with Gasteiger partial charge in [0.25, 0.3) is 0 Å². The van der Waals surface area contributed by atoms with Crippen molar-refractivity contribution in [3.63, 3.8) is 0 Å². The first-order valence-electron chi connectivity index (χ1n) is 1.91. The Kier molecular flexibility index (Phi) is 1.17. The Balaban J connectivity index is 2.77. The van der Waals surface area contributed by atoms with Crippen LogP contribution in [0, 0.1) is 0 Å². The molecular weight excluding hydrogens is 88.1 g/mol. The van der Waals surface area contributed by atoms with E-state index < -0.39 is 0 Å². The van der Waals surface area contributed by atoms with Crippen molar-refractivity contribution in [1.82, 2.24) is 0 Å². The van der Waals surface area contributed by atoms with Gasteiger partial charge in [0, 0.05) is 0 Å². The molecule has 0 nitrogen and oxygen atoms in total. The van der Waals surface area contributed by atoms with Crippen molar-refractivity contribution in [2.75, 3.05) is 0 Å². The summed E-state index contributed by atoms with van der Waals surface area (Å²) in [5.41, 5.74) is 4.31. The molecule has 1 aliphatic heterocycles. The molecule has 0 aromatic heterocycles. The molecule has 0 N–H and O–H groups in total. The van der Waals surface area contributed by atoms with Gasteiger partial charge in [-0.25, -0.2) is 0 Å². The fourth-order valence-electron chi connectivity index (χ4n) is 0.342. The van der Waals surface area contributed by atoms with Crippen LogP contribution in [0.3, 0.4) is 0 Å². The average molecular weight is 93.2 g/mol. The van der Waals surface area contributed by atoms with E-state index in [2.05, 4.69) is 23.5 Å². The van der Waals surface area contributed by atoms with Crippen LogP contribution in [0.2, 0.25) is 0 Å². The van der Waals surface area contributed by atoms with E-state index in [0.29, 0.717) is 0 Å². The highest BCUT2D eigenvalue weighted by molar-refractivity contribution is 6.54. The Morgan fingerprint density at radius 3 is 2.17 bits per heavy atom. The SMILES string of the molecule is C1=CC=[Si+]C=C1. The highest BCUT2D eigenvalue weighted by Gasteiger charge is 1.85. The Bertz CT molecular complexity index is 73.3. The van der Waals surface area contributed by atoms with Gasteiger partial charge in [-0.1, -0.05) is 6.08 Å². The summed E-state index contributed by atoms with van der Waals surface area (Å²) >= 11 is 0. The Labute approximate surface area is 39.6 Å². The van der Waals surface area contributed by atoms with Crippen LogP contribution in [0.1, 0.15) is 0 Å². The maximum atomic E-state index is 2.15. The van der Waals surface area contributed by atoms with Crippen molar-refractivity contribution in [3.05, 3.63) is 23.9 Å². The van der Waals surface area contributed by atoms with Gasteiger partial charge in [-0.2, -0.15) is 0 Å². The van der Waals surface area contributed by atoms with Crippen molar-refractivity contribution in [3.8, 4) is 0 Å². The minimum Gasteiger partial charge on any atom is -0.0566 e. The average Bonchev–Trinajstić information content (AvgIpc) is 1.72. The number of hydrogen-bond acceptors (Lipinski definition) is 0. The van der Waals surface area contributed by atoms with Crippen molar-refractivity contribution in [2.24, 2.45) is 0 Å². The zero-order valence-electron chi connectivity index (χ0n) is 3.39. The van der Waals surface area contributed by atoms with Gasteiger partial charge < -0.3 is 0 Å². The molecule has 0 saturated carbocycles. The van der Waals surface area contributed by atoms with Crippen LogP contribution in [-0.2, 0) is 0 Å². The van der Waals surface area contributed by atoms with E-state index >= 15 is 0 Å². The second-order valence-corrected chi connectivity index (χ2v) is 2.08. The van der Waals surface area contributed by atoms with E-state index in [9.17, 15) is 0 Å². The summed E-state index contributed by atoms with van der Waals surface area (Å²) in [6.45, 7) is 0. The van der Waals surface area contributed by atoms with Crippen LogP contribution < -0.4 is 0 Å². The molecule has 6 heavy (non-hydrogen) atoms. The van der Waals surface area contributed by atoms with Gasteiger partial charge >= 0.3 is 9.13 Å². The lowest BCUT2D eigenvalue weighted by atomic mass is 10.5. The van der Waals surface area contributed by atoms with Crippen molar-refractivity contribution < 1.29 is 0 Å². The van der Waals surface area contributed by atoms with Gasteiger partial charge in [0.2, 0.25) is 0 Å². The molecule has 0 aromatic rings. The third kappa shape index (κ3) is 0.758. The molecule has 0 bridgehead atoms. The standard InChI is InChI=1S/C5H5Si/c1-2-4-6-5-3-1/h1-5H/q+1. The molecule has 1 heteroatoms. The summed E-state index contributed by atoms with van der Waals surface area (Å²) in [6, 6.07) is 0. The normalized spacial score (nSPS) is 14.7. The fourth-order valence-corrected chi connectivity index (χ4v) is 0.897. The lowest BCUT2D eigenvalue weighted by Crippen LogP contribution is -1.76. The third-order valence-corrected chi connectivity index (χ3v) is 1.38. The molecule has 1 aliphatic rings. The van der Waals surface area contributed by atoms with Crippen molar-refractivity contribution >= 4 is 14.8 Å². The van der Waals surface area contributed by atoms with Crippen molar-refractivity contribution in [1.29, 1.82) is 0 Å². The Morgan fingerprint density at radius 1 is 1.00 bits per heavy atom. The molecule has 0 aromatic carbocycles. The molecule has 0 spiro atoms. The van der Waals surface area contributed by atoms with E-state index in [1.54, 1.807) is 0 Å². The first-order valence-corrected chi connectivity index (χ1v) is 3.07. The molecule has 0 saturated heterocycles. The second-order valence-electron chi connectivity index (χ2n) is 1.08. The summed E-state index contributed by atoms with van der Waals surface area (Å²) in [5, 5.41) is 0. The predicted molar refractivity (Wildman–Crippen MR) is 30.1 cm³/mol. The molecule has 0 fully saturated rings. The smallest absolute Gasteiger partial charge is 0.0566 e. The van der Waals surface area contributed by atoms with Crippen LogP contribution in [-0.4, -0.2) is 14.8 Å². The van der Waals surface area contributed by atoms with Gasteiger partial charge in [-0.05, 0) is 12.2 Å². The molecular formula is C5H5Si+. The second kappa shape index (κ2) is 1.87. The summed E-state index contributed by atoms with van der Waals surface area (Å²) in [5.74, 6) is 0. The Morgan fingerprint density at radius 2 is 2.00 bits per heavy atom. The molecule has 0 unspecified atom stereocenters. The van der Waals surface area contributed by atoms with Crippen LogP contribution in [0.25, 0.3) is 0 Å². The molecule has 0 aliphatic carbocycles. The lowest BCUT2D eigenvalue weighted by Gasteiger charge is -1.64. The van der Waals surface area contributed by atoms with Gasteiger partial charge in [0.05, 0.1) is 0 Å². The van der Waals surface area contributed by atoms with E-state index in [4.69, 9.17) is 0 Å². The molecule has 0 radical (unpaired) electrons. The largest absolute Gasteiger partial charge is 0.474 e. The lowest BCUT2D eigenvalue weighted by molar-refractivity contribution is 2.05. The van der Waals surface area contributed by atoms with E-state index in [1.807, 2.05) is 6.08 Å². The Hall–Kier alpha value is -0.433. The first-order chi connectivity index (χ1) is 3.00. The summed E-state index contributed by atoms with van der Waals surface area (Å²) in [6.07, 6.45) is 6.17. The van der Waals surface area contributed by atoms with Gasteiger partial charge in [0.15, 0.2) is 0 Å². The van der Waals surface area contributed by atoms with Crippen molar-refractivity contribution in [2.45, 2.75) is 0 Å². The van der Waals surface area contributed by atoms with E-state index in [1.165, 1.54) is 0 Å². The molecule has 0 amide bonds. The zero-order valence-corrected chi connectivity index (χ0v) is 4.39.